The Balaban J connectivity index is 1.47. The van der Waals surface area contributed by atoms with Crippen molar-refractivity contribution in [2.75, 3.05) is 19.8 Å². The Morgan fingerprint density at radius 2 is 1.94 bits per heavy atom. The van der Waals surface area contributed by atoms with E-state index in [0.29, 0.717) is 6.10 Å². The number of hydrogen-bond acceptors (Lipinski definition) is 3. The van der Waals surface area contributed by atoms with Crippen LogP contribution >= 0.6 is 0 Å². The largest absolute Gasteiger partial charge is 0.379 e. The highest BCUT2D eigenvalue weighted by atomic mass is 16.5. The van der Waals surface area contributed by atoms with E-state index in [0.717, 1.165) is 26.2 Å². The summed E-state index contributed by atoms with van der Waals surface area (Å²) in [6.07, 6.45) is 10.8. The van der Waals surface area contributed by atoms with Crippen molar-refractivity contribution in [2.45, 2.75) is 75.5 Å². The van der Waals surface area contributed by atoms with Crippen LogP contribution in [0, 0.1) is 0 Å². The standard InChI is InChI=1S/C15H27NO2/c1-14(9-10-17-12-14)16-11-13-5-8-15(18-13)6-3-2-4-7-15/h13,16H,2-12H2,1H3. The average Bonchev–Trinajstić information content (AvgIpc) is 2.97. The van der Waals surface area contributed by atoms with Gasteiger partial charge in [0.15, 0.2) is 0 Å². The summed E-state index contributed by atoms with van der Waals surface area (Å²) in [5.74, 6) is 0. The molecule has 2 atom stereocenters. The molecule has 3 fully saturated rings. The monoisotopic (exact) mass is 253 g/mol. The molecule has 1 saturated carbocycles. The summed E-state index contributed by atoms with van der Waals surface area (Å²) in [5.41, 5.74) is 0.448. The lowest BCUT2D eigenvalue weighted by atomic mass is 9.83. The Labute approximate surface area is 111 Å². The Kier molecular flexibility index (Phi) is 3.65. The molecule has 0 aromatic carbocycles. The predicted molar refractivity (Wildman–Crippen MR) is 71.8 cm³/mol. The summed E-state index contributed by atoms with van der Waals surface area (Å²) in [7, 11) is 0. The Hall–Kier alpha value is -0.120. The normalized spacial score (nSPS) is 39.5. The van der Waals surface area contributed by atoms with Crippen LogP contribution in [0.1, 0.15) is 58.3 Å². The maximum Gasteiger partial charge on any atom is 0.0708 e. The first kappa shape index (κ1) is 12.9. The molecule has 2 aliphatic heterocycles. The van der Waals surface area contributed by atoms with Crippen molar-refractivity contribution in [1.82, 2.24) is 5.32 Å². The summed E-state index contributed by atoms with van der Waals surface area (Å²) >= 11 is 0. The molecule has 0 amide bonds. The molecule has 104 valence electrons. The van der Waals surface area contributed by atoms with Gasteiger partial charge in [-0.05, 0) is 39.0 Å². The van der Waals surface area contributed by atoms with Crippen molar-refractivity contribution in [1.29, 1.82) is 0 Å². The molecule has 0 aromatic heterocycles. The van der Waals surface area contributed by atoms with E-state index in [9.17, 15) is 0 Å². The van der Waals surface area contributed by atoms with Crippen LogP contribution in [0.25, 0.3) is 0 Å². The molecule has 0 radical (unpaired) electrons. The fraction of sp³-hybridized carbons (Fsp3) is 1.00. The second-order valence-electron chi connectivity index (χ2n) is 6.77. The van der Waals surface area contributed by atoms with Gasteiger partial charge >= 0.3 is 0 Å². The van der Waals surface area contributed by atoms with Gasteiger partial charge in [-0.1, -0.05) is 19.3 Å². The number of ether oxygens (including phenoxy) is 2. The van der Waals surface area contributed by atoms with Crippen LogP contribution in [0.5, 0.6) is 0 Å². The Bertz CT molecular complexity index is 280. The quantitative estimate of drug-likeness (QED) is 0.838. The van der Waals surface area contributed by atoms with E-state index in [1.54, 1.807) is 0 Å². The van der Waals surface area contributed by atoms with Crippen LogP contribution in [0.3, 0.4) is 0 Å². The van der Waals surface area contributed by atoms with E-state index < -0.39 is 0 Å². The molecule has 1 N–H and O–H groups in total. The van der Waals surface area contributed by atoms with Crippen LogP contribution in [0.4, 0.5) is 0 Å². The van der Waals surface area contributed by atoms with Gasteiger partial charge in [-0.2, -0.15) is 0 Å². The van der Waals surface area contributed by atoms with Crippen molar-refractivity contribution in [3.05, 3.63) is 0 Å². The topological polar surface area (TPSA) is 30.5 Å². The molecular formula is C15H27NO2. The first-order chi connectivity index (χ1) is 8.70. The second-order valence-corrected chi connectivity index (χ2v) is 6.77. The highest BCUT2D eigenvalue weighted by Gasteiger charge is 2.41. The molecule has 18 heavy (non-hydrogen) atoms. The van der Waals surface area contributed by atoms with Crippen LogP contribution in [0.2, 0.25) is 0 Å². The molecule has 2 saturated heterocycles. The summed E-state index contributed by atoms with van der Waals surface area (Å²) in [6, 6.07) is 0. The van der Waals surface area contributed by atoms with Gasteiger partial charge in [-0.25, -0.2) is 0 Å². The van der Waals surface area contributed by atoms with Gasteiger partial charge in [0.05, 0.1) is 18.3 Å². The third kappa shape index (κ3) is 2.73. The lowest BCUT2D eigenvalue weighted by Crippen LogP contribution is -2.46. The van der Waals surface area contributed by atoms with Crippen molar-refractivity contribution >= 4 is 0 Å². The van der Waals surface area contributed by atoms with Gasteiger partial charge in [0, 0.05) is 18.7 Å². The Morgan fingerprint density at radius 3 is 2.67 bits per heavy atom. The lowest BCUT2D eigenvalue weighted by Gasteiger charge is -2.34. The molecule has 1 aliphatic carbocycles. The molecule has 2 unspecified atom stereocenters. The van der Waals surface area contributed by atoms with E-state index in [1.807, 2.05) is 0 Å². The molecule has 3 nitrogen and oxygen atoms in total. The fourth-order valence-corrected chi connectivity index (χ4v) is 3.77. The summed E-state index contributed by atoms with van der Waals surface area (Å²) in [5, 5.41) is 3.67. The zero-order valence-electron chi connectivity index (χ0n) is 11.7. The molecule has 3 aliphatic rings. The minimum Gasteiger partial charge on any atom is -0.379 e. The first-order valence-corrected chi connectivity index (χ1v) is 7.70. The Morgan fingerprint density at radius 1 is 1.11 bits per heavy atom. The van der Waals surface area contributed by atoms with Gasteiger partial charge in [-0.15, -0.1) is 0 Å². The van der Waals surface area contributed by atoms with Gasteiger partial charge < -0.3 is 14.8 Å². The minimum absolute atomic E-state index is 0.186. The minimum atomic E-state index is 0.186. The van der Waals surface area contributed by atoms with Crippen LogP contribution in [-0.2, 0) is 9.47 Å². The molecule has 0 bridgehead atoms. The van der Waals surface area contributed by atoms with E-state index in [2.05, 4.69) is 12.2 Å². The van der Waals surface area contributed by atoms with Crippen LogP contribution in [-0.4, -0.2) is 37.0 Å². The smallest absolute Gasteiger partial charge is 0.0708 e. The van der Waals surface area contributed by atoms with Gasteiger partial charge in [0.2, 0.25) is 0 Å². The molecule has 1 spiro atoms. The highest BCUT2D eigenvalue weighted by molar-refractivity contribution is 4.94. The highest BCUT2D eigenvalue weighted by Crippen LogP contribution is 2.41. The van der Waals surface area contributed by atoms with Crippen LogP contribution < -0.4 is 5.32 Å². The maximum absolute atomic E-state index is 6.39. The maximum atomic E-state index is 6.39. The van der Waals surface area contributed by atoms with Crippen molar-refractivity contribution in [3.63, 3.8) is 0 Å². The van der Waals surface area contributed by atoms with Crippen LogP contribution in [0.15, 0.2) is 0 Å². The molecular weight excluding hydrogens is 226 g/mol. The second kappa shape index (κ2) is 5.10. The van der Waals surface area contributed by atoms with E-state index in [-0.39, 0.29) is 11.1 Å². The molecule has 2 heterocycles. The fourth-order valence-electron chi connectivity index (χ4n) is 3.77. The zero-order valence-corrected chi connectivity index (χ0v) is 11.7. The van der Waals surface area contributed by atoms with Crippen molar-refractivity contribution in [3.8, 4) is 0 Å². The average molecular weight is 253 g/mol. The number of rotatable bonds is 3. The first-order valence-electron chi connectivity index (χ1n) is 7.70. The zero-order chi connectivity index (χ0) is 12.5. The predicted octanol–water partition coefficient (Wildman–Crippen LogP) is 2.64. The number of hydrogen-bond donors (Lipinski definition) is 1. The van der Waals surface area contributed by atoms with E-state index in [4.69, 9.17) is 9.47 Å². The number of nitrogens with one attached hydrogen (secondary N) is 1. The third-order valence-corrected chi connectivity index (χ3v) is 5.08. The molecule has 3 heteroatoms. The summed E-state index contributed by atoms with van der Waals surface area (Å²) in [6.45, 7) is 5.02. The third-order valence-electron chi connectivity index (χ3n) is 5.08. The van der Waals surface area contributed by atoms with Gasteiger partial charge in [-0.3, -0.25) is 0 Å². The molecule has 3 rings (SSSR count). The SMILES string of the molecule is CC1(NCC2CCC3(CCCCC3)O2)CCOC1. The van der Waals surface area contributed by atoms with Gasteiger partial charge in [0.1, 0.15) is 0 Å². The van der Waals surface area contributed by atoms with E-state index in [1.165, 1.54) is 44.9 Å². The molecule has 0 aromatic rings. The van der Waals surface area contributed by atoms with Crippen molar-refractivity contribution < 1.29 is 9.47 Å². The summed E-state index contributed by atoms with van der Waals surface area (Å²) in [4.78, 5) is 0. The van der Waals surface area contributed by atoms with E-state index >= 15 is 0 Å². The lowest BCUT2D eigenvalue weighted by molar-refractivity contribution is -0.0640. The summed E-state index contributed by atoms with van der Waals surface area (Å²) < 4.78 is 11.9. The van der Waals surface area contributed by atoms with Crippen molar-refractivity contribution in [2.24, 2.45) is 0 Å². The van der Waals surface area contributed by atoms with Gasteiger partial charge in [0.25, 0.3) is 0 Å².